The quantitative estimate of drug-likeness (QED) is 0.853. The van der Waals surface area contributed by atoms with Crippen LogP contribution in [0.15, 0.2) is 28.7 Å². The van der Waals surface area contributed by atoms with Gasteiger partial charge in [-0.3, -0.25) is 4.79 Å². The molecular formula is C15H18N2O4. The number of rotatable bonds is 5. The molecule has 1 heterocycles. The Labute approximate surface area is 122 Å². The van der Waals surface area contributed by atoms with Gasteiger partial charge >= 0.3 is 11.9 Å². The van der Waals surface area contributed by atoms with Gasteiger partial charge in [0.15, 0.2) is 5.58 Å². The molecule has 0 aliphatic rings. The van der Waals surface area contributed by atoms with Gasteiger partial charge in [-0.2, -0.15) is 0 Å². The molecule has 0 aliphatic heterocycles. The predicted molar refractivity (Wildman–Crippen MR) is 76.7 cm³/mol. The Kier molecular flexibility index (Phi) is 4.57. The number of para-hydroxylation sites is 2. The van der Waals surface area contributed by atoms with Crippen LogP contribution in [0.3, 0.4) is 0 Å². The molecule has 1 atom stereocenters. The number of benzene rings is 1. The van der Waals surface area contributed by atoms with E-state index in [0.29, 0.717) is 11.1 Å². The Morgan fingerprint density at radius 1 is 1.33 bits per heavy atom. The van der Waals surface area contributed by atoms with Crippen LogP contribution in [0, 0.1) is 5.92 Å². The summed E-state index contributed by atoms with van der Waals surface area (Å²) in [5.41, 5.74) is 1.12. The van der Waals surface area contributed by atoms with Crippen LogP contribution >= 0.6 is 0 Å². The summed E-state index contributed by atoms with van der Waals surface area (Å²) < 4.78 is 10.3. The normalized spacial score (nSPS) is 12.4. The standard InChI is InChI=1S/C15H18N2O4/c1-4-20-15(19)12(9(2)3)17-13(18)14-16-10-7-5-6-8-11(10)21-14/h5-9,12H,4H2,1-3H3,(H,17,18)/t12-/m0/s1. The van der Waals surface area contributed by atoms with Crippen molar-refractivity contribution in [3.05, 3.63) is 30.2 Å². The van der Waals surface area contributed by atoms with E-state index in [0.717, 1.165) is 0 Å². The maximum Gasteiger partial charge on any atom is 0.328 e. The van der Waals surface area contributed by atoms with E-state index in [1.165, 1.54) is 0 Å². The molecule has 0 saturated heterocycles. The van der Waals surface area contributed by atoms with Crippen LogP contribution in [-0.4, -0.2) is 29.5 Å². The number of ether oxygens (including phenoxy) is 1. The third-order valence-electron chi connectivity index (χ3n) is 2.98. The summed E-state index contributed by atoms with van der Waals surface area (Å²) in [6.07, 6.45) is 0. The Morgan fingerprint density at radius 3 is 2.67 bits per heavy atom. The largest absolute Gasteiger partial charge is 0.464 e. The minimum absolute atomic E-state index is 0.0638. The summed E-state index contributed by atoms with van der Waals surface area (Å²) in [6.45, 7) is 5.64. The van der Waals surface area contributed by atoms with Gasteiger partial charge in [0.2, 0.25) is 0 Å². The van der Waals surface area contributed by atoms with E-state index in [4.69, 9.17) is 9.15 Å². The van der Waals surface area contributed by atoms with Crippen molar-refractivity contribution in [3.63, 3.8) is 0 Å². The van der Waals surface area contributed by atoms with Crippen LogP contribution in [-0.2, 0) is 9.53 Å². The number of hydrogen-bond donors (Lipinski definition) is 1. The van der Waals surface area contributed by atoms with Crippen LogP contribution < -0.4 is 5.32 Å². The topological polar surface area (TPSA) is 81.4 Å². The van der Waals surface area contributed by atoms with Gasteiger partial charge in [-0.05, 0) is 25.0 Å². The molecule has 1 amide bonds. The van der Waals surface area contributed by atoms with Gasteiger partial charge in [-0.1, -0.05) is 26.0 Å². The summed E-state index contributed by atoms with van der Waals surface area (Å²) in [4.78, 5) is 28.1. The Hall–Kier alpha value is -2.37. The predicted octanol–water partition coefficient (Wildman–Crippen LogP) is 2.15. The second kappa shape index (κ2) is 6.39. The summed E-state index contributed by atoms with van der Waals surface area (Å²) in [7, 11) is 0. The number of nitrogens with one attached hydrogen (secondary N) is 1. The van der Waals surface area contributed by atoms with E-state index < -0.39 is 17.9 Å². The first-order chi connectivity index (χ1) is 10.0. The van der Waals surface area contributed by atoms with E-state index in [2.05, 4.69) is 10.3 Å². The third-order valence-corrected chi connectivity index (χ3v) is 2.98. The number of hydrogen-bond acceptors (Lipinski definition) is 5. The Bertz CT molecular complexity index is 615. The molecule has 0 saturated carbocycles. The third kappa shape index (κ3) is 3.39. The van der Waals surface area contributed by atoms with Crippen molar-refractivity contribution in [2.75, 3.05) is 6.61 Å². The monoisotopic (exact) mass is 290 g/mol. The van der Waals surface area contributed by atoms with E-state index in [1.54, 1.807) is 25.1 Å². The molecule has 0 unspecified atom stereocenters. The molecule has 6 heteroatoms. The van der Waals surface area contributed by atoms with Gasteiger partial charge in [0.05, 0.1) is 6.61 Å². The summed E-state index contributed by atoms with van der Waals surface area (Å²) in [5, 5.41) is 2.61. The summed E-state index contributed by atoms with van der Waals surface area (Å²) in [6, 6.07) is 6.35. The fourth-order valence-electron chi connectivity index (χ4n) is 1.90. The minimum atomic E-state index is -0.729. The molecule has 1 aromatic heterocycles. The SMILES string of the molecule is CCOC(=O)[C@@H](NC(=O)c1nc2ccccc2o1)C(C)C. The van der Waals surface area contributed by atoms with Crippen molar-refractivity contribution in [2.45, 2.75) is 26.8 Å². The molecular weight excluding hydrogens is 272 g/mol. The molecule has 0 bridgehead atoms. The van der Waals surface area contributed by atoms with Crippen LogP contribution in [0.2, 0.25) is 0 Å². The average Bonchev–Trinajstić information content (AvgIpc) is 2.88. The number of carbonyl (C=O) groups excluding carboxylic acids is 2. The van der Waals surface area contributed by atoms with Crippen molar-refractivity contribution in [3.8, 4) is 0 Å². The van der Waals surface area contributed by atoms with Gasteiger partial charge in [0.1, 0.15) is 11.6 Å². The molecule has 1 N–H and O–H groups in total. The molecule has 1 aromatic carbocycles. The highest BCUT2D eigenvalue weighted by Crippen LogP contribution is 2.15. The molecule has 2 rings (SSSR count). The number of esters is 1. The first-order valence-corrected chi connectivity index (χ1v) is 6.86. The van der Waals surface area contributed by atoms with Crippen LogP contribution in [0.4, 0.5) is 0 Å². The maximum atomic E-state index is 12.2. The van der Waals surface area contributed by atoms with Crippen molar-refractivity contribution in [1.29, 1.82) is 0 Å². The minimum Gasteiger partial charge on any atom is -0.464 e. The zero-order valence-corrected chi connectivity index (χ0v) is 12.3. The number of nitrogens with zero attached hydrogens (tertiary/aromatic N) is 1. The molecule has 2 aromatic rings. The number of oxazole rings is 1. The number of amides is 1. The first-order valence-electron chi connectivity index (χ1n) is 6.86. The van der Waals surface area contributed by atoms with Crippen LogP contribution in [0.1, 0.15) is 31.5 Å². The molecule has 112 valence electrons. The molecule has 0 spiro atoms. The van der Waals surface area contributed by atoms with Gasteiger partial charge in [0, 0.05) is 0 Å². The van der Waals surface area contributed by atoms with E-state index >= 15 is 0 Å². The highest BCUT2D eigenvalue weighted by atomic mass is 16.5. The Morgan fingerprint density at radius 2 is 2.05 bits per heavy atom. The average molecular weight is 290 g/mol. The zero-order chi connectivity index (χ0) is 15.4. The smallest absolute Gasteiger partial charge is 0.328 e. The number of carbonyl (C=O) groups is 2. The molecule has 0 aliphatic carbocycles. The van der Waals surface area contributed by atoms with Gasteiger partial charge in [0.25, 0.3) is 5.89 Å². The Balaban J connectivity index is 2.16. The zero-order valence-electron chi connectivity index (χ0n) is 12.3. The fourth-order valence-corrected chi connectivity index (χ4v) is 1.90. The van der Waals surface area contributed by atoms with E-state index in [-0.39, 0.29) is 18.4 Å². The van der Waals surface area contributed by atoms with Gasteiger partial charge < -0.3 is 14.5 Å². The maximum absolute atomic E-state index is 12.2. The first kappa shape index (κ1) is 15.0. The highest BCUT2D eigenvalue weighted by molar-refractivity contribution is 5.95. The van der Waals surface area contributed by atoms with Gasteiger partial charge in [-0.15, -0.1) is 0 Å². The van der Waals surface area contributed by atoms with E-state index in [9.17, 15) is 9.59 Å². The van der Waals surface area contributed by atoms with Crippen molar-refractivity contribution < 1.29 is 18.7 Å². The van der Waals surface area contributed by atoms with Crippen molar-refractivity contribution in [2.24, 2.45) is 5.92 Å². The van der Waals surface area contributed by atoms with E-state index in [1.807, 2.05) is 19.9 Å². The van der Waals surface area contributed by atoms with Gasteiger partial charge in [-0.25, -0.2) is 9.78 Å². The molecule has 21 heavy (non-hydrogen) atoms. The fraction of sp³-hybridized carbons (Fsp3) is 0.400. The lowest BCUT2D eigenvalue weighted by Crippen LogP contribution is -2.45. The molecule has 0 fully saturated rings. The lowest BCUT2D eigenvalue weighted by Gasteiger charge is -2.19. The van der Waals surface area contributed by atoms with Crippen LogP contribution in [0.25, 0.3) is 11.1 Å². The number of aromatic nitrogens is 1. The van der Waals surface area contributed by atoms with Crippen molar-refractivity contribution >= 4 is 23.0 Å². The van der Waals surface area contributed by atoms with Crippen molar-refractivity contribution in [1.82, 2.24) is 10.3 Å². The number of fused-ring (bicyclic) bond motifs is 1. The molecule has 6 nitrogen and oxygen atoms in total. The van der Waals surface area contributed by atoms with Crippen LogP contribution in [0.5, 0.6) is 0 Å². The summed E-state index contributed by atoms with van der Waals surface area (Å²) in [5.74, 6) is -1.15. The second-order valence-corrected chi connectivity index (χ2v) is 4.93. The second-order valence-electron chi connectivity index (χ2n) is 4.93. The lowest BCUT2D eigenvalue weighted by molar-refractivity contribution is -0.146. The molecule has 0 radical (unpaired) electrons. The lowest BCUT2D eigenvalue weighted by atomic mass is 10.0. The summed E-state index contributed by atoms with van der Waals surface area (Å²) >= 11 is 0. The highest BCUT2D eigenvalue weighted by Gasteiger charge is 2.27.